The van der Waals surface area contributed by atoms with Gasteiger partial charge in [0.15, 0.2) is 0 Å². The van der Waals surface area contributed by atoms with Crippen LogP contribution in [0.25, 0.3) is 0 Å². The maximum Gasteiger partial charge on any atom is 0.123 e. The van der Waals surface area contributed by atoms with Gasteiger partial charge < -0.3 is 15.2 Å². The van der Waals surface area contributed by atoms with E-state index in [1.54, 1.807) is 7.11 Å². The molecule has 2 N–H and O–H groups in total. The fraction of sp³-hybridized carbons (Fsp3) is 0.625. The van der Waals surface area contributed by atoms with Crippen LogP contribution >= 0.6 is 0 Å². The monoisotopic (exact) mass is 263 g/mol. The Bertz CT molecular complexity index is 433. The Labute approximate surface area is 116 Å². The standard InChI is InChI=1S/C16H25NO2/c1-16(2,3)13-9-12(18-4)7-8-15(13)19-10-14(17)11-5-6-11/h7-9,11,14H,5-6,10,17H2,1-4H3. The van der Waals surface area contributed by atoms with Crippen LogP contribution in [0.2, 0.25) is 0 Å². The summed E-state index contributed by atoms with van der Waals surface area (Å²) in [6.07, 6.45) is 2.50. The highest BCUT2D eigenvalue weighted by Crippen LogP contribution is 2.35. The van der Waals surface area contributed by atoms with Crippen LogP contribution in [0, 0.1) is 5.92 Å². The molecule has 1 aliphatic carbocycles. The van der Waals surface area contributed by atoms with Crippen LogP contribution in [0.15, 0.2) is 18.2 Å². The van der Waals surface area contributed by atoms with Crippen molar-refractivity contribution in [1.29, 1.82) is 0 Å². The van der Waals surface area contributed by atoms with Crippen molar-refractivity contribution in [3.05, 3.63) is 23.8 Å². The first-order chi connectivity index (χ1) is 8.91. The second-order valence-electron chi connectivity index (χ2n) is 6.42. The fourth-order valence-electron chi connectivity index (χ4n) is 2.19. The minimum absolute atomic E-state index is 0.0214. The van der Waals surface area contributed by atoms with E-state index in [0.717, 1.165) is 17.1 Å². The minimum atomic E-state index is 0.0214. The Balaban J connectivity index is 2.13. The van der Waals surface area contributed by atoms with Gasteiger partial charge >= 0.3 is 0 Å². The number of hydrogen-bond acceptors (Lipinski definition) is 3. The minimum Gasteiger partial charge on any atom is -0.497 e. The highest BCUT2D eigenvalue weighted by Gasteiger charge is 2.29. The van der Waals surface area contributed by atoms with Crippen molar-refractivity contribution in [1.82, 2.24) is 0 Å². The summed E-state index contributed by atoms with van der Waals surface area (Å²) in [5, 5.41) is 0. The molecule has 106 valence electrons. The Morgan fingerprint density at radius 2 is 2.00 bits per heavy atom. The molecule has 0 radical (unpaired) electrons. The van der Waals surface area contributed by atoms with Gasteiger partial charge in [0.25, 0.3) is 0 Å². The lowest BCUT2D eigenvalue weighted by molar-refractivity contribution is 0.269. The van der Waals surface area contributed by atoms with Gasteiger partial charge in [-0.1, -0.05) is 20.8 Å². The van der Waals surface area contributed by atoms with Gasteiger partial charge in [-0.3, -0.25) is 0 Å². The summed E-state index contributed by atoms with van der Waals surface area (Å²) >= 11 is 0. The van der Waals surface area contributed by atoms with Gasteiger partial charge in [0.2, 0.25) is 0 Å². The summed E-state index contributed by atoms with van der Waals surface area (Å²) in [5.74, 6) is 2.45. The molecule has 1 unspecified atom stereocenters. The van der Waals surface area contributed by atoms with E-state index in [2.05, 4.69) is 26.8 Å². The summed E-state index contributed by atoms with van der Waals surface area (Å²) in [6.45, 7) is 7.13. The number of benzene rings is 1. The zero-order valence-electron chi connectivity index (χ0n) is 12.4. The van der Waals surface area contributed by atoms with Gasteiger partial charge in [-0.05, 0) is 42.4 Å². The lowest BCUT2D eigenvalue weighted by atomic mass is 9.86. The van der Waals surface area contributed by atoms with Crippen LogP contribution in [-0.4, -0.2) is 19.8 Å². The first-order valence-electron chi connectivity index (χ1n) is 6.98. The summed E-state index contributed by atoms with van der Waals surface area (Å²) in [4.78, 5) is 0. The molecule has 0 bridgehead atoms. The number of ether oxygens (including phenoxy) is 2. The Morgan fingerprint density at radius 3 is 2.53 bits per heavy atom. The smallest absolute Gasteiger partial charge is 0.123 e. The first kappa shape index (κ1) is 14.2. The van der Waals surface area contributed by atoms with Crippen molar-refractivity contribution < 1.29 is 9.47 Å². The lowest BCUT2D eigenvalue weighted by Crippen LogP contribution is -2.30. The topological polar surface area (TPSA) is 44.5 Å². The van der Waals surface area contributed by atoms with E-state index >= 15 is 0 Å². The summed E-state index contributed by atoms with van der Waals surface area (Å²) in [6, 6.07) is 6.14. The number of hydrogen-bond donors (Lipinski definition) is 1. The zero-order valence-corrected chi connectivity index (χ0v) is 12.4. The van der Waals surface area contributed by atoms with Crippen LogP contribution in [0.4, 0.5) is 0 Å². The molecule has 1 saturated carbocycles. The van der Waals surface area contributed by atoms with Crippen LogP contribution in [-0.2, 0) is 5.41 Å². The predicted octanol–water partition coefficient (Wildman–Crippen LogP) is 3.11. The molecule has 0 saturated heterocycles. The largest absolute Gasteiger partial charge is 0.497 e. The third-order valence-corrected chi connectivity index (χ3v) is 3.65. The van der Waals surface area contributed by atoms with E-state index in [0.29, 0.717) is 12.5 Å². The van der Waals surface area contributed by atoms with E-state index < -0.39 is 0 Å². The predicted molar refractivity (Wildman–Crippen MR) is 77.9 cm³/mol. The van der Waals surface area contributed by atoms with Crippen LogP contribution in [0.5, 0.6) is 11.5 Å². The molecule has 19 heavy (non-hydrogen) atoms. The molecule has 2 rings (SSSR count). The first-order valence-corrected chi connectivity index (χ1v) is 6.98. The molecule has 0 heterocycles. The summed E-state index contributed by atoms with van der Waals surface area (Å²) in [7, 11) is 1.69. The lowest BCUT2D eigenvalue weighted by Gasteiger charge is -2.24. The van der Waals surface area contributed by atoms with Gasteiger partial charge in [0, 0.05) is 11.6 Å². The SMILES string of the molecule is COc1ccc(OCC(N)C2CC2)c(C(C)(C)C)c1. The van der Waals surface area contributed by atoms with Crippen LogP contribution in [0.1, 0.15) is 39.2 Å². The van der Waals surface area contributed by atoms with Crippen molar-refractivity contribution in [2.45, 2.75) is 45.1 Å². The van der Waals surface area contributed by atoms with E-state index in [1.165, 1.54) is 12.8 Å². The van der Waals surface area contributed by atoms with Crippen molar-refractivity contribution >= 4 is 0 Å². The molecule has 0 aromatic heterocycles. The maximum absolute atomic E-state index is 6.09. The highest BCUT2D eigenvalue weighted by molar-refractivity contribution is 5.44. The van der Waals surface area contributed by atoms with Gasteiger partial charge in [-0.2, -0.15) is 0 Å². The quantitative estimate of drug-likeness (QED) is 0.887. The molecule has 1 atom stereocenters. The van der Waals surface area contributed by atoms with E-state index in [9.17, 15) is 0 Å². The normalized spacial score (nSPS) is 17.1. The number of methoxy groups -OCH3 is 1. The summed E-state index contributed by atoms with van der Waals surface area (Å²) in [5.41, 5.74) is 7.28. The zero-order chi connectivity index (χ0) is 14.0. The van der Waals surface area contributed by atoms with Crippen LogP contribution in [0.3, 0.4) is 0 Å². The van der Waals surface area contributed by atoms with Gasteiger partial charge in [0.1, 0.15) is 18.1 Å². The summed E-state index contributed by atoms with van der Waals surface area (Å²) < 4.78 is 11.2. The molecule has 0 amide bonds. The molecule has 0 spiro atoms. The number of nitrogens with two attached hydrogens (primary N) is 1. The molecule has 3 heteroatoms. The van der Waals surface area contributed by atoms with Crippen molar-refractivity contribution in [2.24, 2.45) is 11.7 Å². The molecule has 3 nitrogen and oxygen atoms in total. The average molecular weight is 263 g/mol. The van der Waals surface area contributed by atoms with Gasteiger partial charge in [-0.15, -0.1) is 0 Å². The Hall–Kier alpha value is -1.22. The van der Waals surface area contributed by atoms with E-state index in [-0.39, 0.29) is 11.5 Å². The second kappa shape index (κ2) is 5.41. The number of rotatable bonds is 5. The third kappa shape index (κ3) is 3.63. The Morgan fingerprint density at radius 1 is 1.32 bits per heavy atom. The molecule has 1 aromatic rings. The average Bonchev–Trinajstić information content (AvgIpc) is 3.18. The van der Waals surface area contributed by atoms with Crippen molar-refractivity contribution in [3.63, 3.8) is 0 Å². The molecular weight excluding hydrogens is 238 g/mol. The molecular formula is C16H25NO2. The molecule has 1 aromatic carbocycles. The maximum atomic E-state index is 6.09. The molecule has 1 aliphatic rings. The van der Waals surface area contributed by atoms with Crippen LogP contribution < -0.4 is 15.2 Å². The Kier molecular flexibility index (Phi) is 4.04. The van der Waals surface area contributed by atoms with Crippen molar-refractivity contribution in [2.75, 3.05) is 13.7 Å². The van der Waals surface area contributed by atoms with Gasteiger partial charge in [0.05, 0.1) is 7.11 Å². The fourth-order valence-corrected chi connectivity index (χ4v) is 2.19. The molecule has 0 aliphatic heterocycles. The van der Waals surface area contributed by atoms with E-state index in [4.69, 9.17) is 15.2 Å². The third-order valence-electron chi connectivity index (χ3n) is 3.65. The molecule has 1 fully saturated rings. The van der Waals surface area contributed by atoms with Gasteiger partial charge in [-0.25, -0.2) is 0 Å². The second-order valence-corrected chi connectivity index (χ2v) is 6.42. The highest BCUT2D eigenvalue weighted by atomic mass is 16.5. The van der Waals surface area contributed by atoms with Crippen molar-refractivity contribution in [3.8, 4) is 11.5 Å². The van der Waals surface area contributed by atoms with E-state index in [1.807, 2.05) is 12.1 Å².